The number of nitro benzene ring substituents is 1. The van der Waals surface area contributed by atoms with E-state index in [2.05, 4.69) is 25.5 Å². The predicted molar refractivity (Wildman–Crippen MR) is 102 cm³/mol. The highest BCUT2D eigenvalue weighted by atomic mass is 32.2. The van der Waals surface area contributed by atoms with Gasteiger partial charge in [-0.05, 0) is 43.3 Å². The SMILES string of the molecule is CCNc1nnc(Sc2cc(CC)nc(-c3ccc([N+](=O)[O-])cc3)n2)s1. The lowest BCUT2D eigenvalue weighted by Gasteiger charge is -2.06. The minimum absolute atomic E-state index is 0.0415. The van der Waals surface area contributed by atoms with Gasteiger partial charge in [0.05, 0.1) is 4.92 Å². The standard InChI is InChI=1S/C16H16N6O2S2/c1-3-11-9-13(25-16-21-20-15(26-16)17-4-2)19-14(18-11)10-5-7-12(8-6-10)22(23)24/h5-9H,3-4H2,1-2H3,(H,17,20). The molecule has 8 nitrogen and oxygen atoms in total. The quantitative estimate of drug-likeness (QED) is 0.367. The summed E-state index contributed by atoms with van der Waals surface area (Å²) in [5, 5.41) is 23.7. The number of aromatic nitrogens is 4. The molecule has 0 aliphatic rings. The Bertz CT molecular complexity index is 913. The van der Waals surface area contributed by atoms with Gasteiger partial charge in [0.2, 0.25) is 5.13 Å². The van der Waals surface area contributed by atoms with Gasteiger partial charge in [-0.1, -0.05) is 18.3 Å². The van der Waals surface area contributed by atoms with Crippen LogP contribution in [0.3, 0.4) is 0 Å². The molecule has 0 aliphatic heterocycles. The van der Waals surface area contributed by atoms with Gasteiger partial charge in [0.15, 0.2) is 10.2 Å². The van der Waals surface area contributed by atoms with Crippen LogP contribution in [0.5, 0.6) is 0 Å². The van der Waals surface area contributed by atoms with Crippen LogP contribution in [0.15, 0.2) is 39.7 Å². The van der Waals surface area contributed by atoms with E-state index in [4.69, 9.17) is 0 Å². The molecule has 0 bridgehead atoms. The molecule has 0 aliphatic carbocycles. The van der Waals surface area contributed by atoms with E-state index in [-0.39, 0.29) is 5.69 Å². The normalized spacial score (nSPS) is 10.7. The van der Waals surface area contributed by atoms with E-state index in [0.29, 0.717) is 5.82 Å². The van der Waals surface area contributed by atoms with Crippen LogP contribution in [-0.2, 0) is 6.42 Å². The summed E-state index contributed by atoms with van der Waals surface area (Å²) in [5.41, 5.74) is 1.67. The highest BCUT2D eigenvalue weighted by molar-refractivity contribution is 8.01. The molecule has 3 aromatic rings. The van der Waals surface area contributed by atoms with E-state index in [1.165, 1.54) is 35.2 Å². The zero-order valence-corrected chi connectivity index (χ0v) is 15.8. The Balaban J connectivity index is 1.89. The summed E-state index contributed by atoms with van der Waals surface area (Å²) < 4.78 is 0.788. The Hall–Kier alpha value is -2.59. The van der Waals surface area contributed by atoms with Crippen LogP contribution < -0.4 is 5.32 Å². The maximum Gasteiger partial charge on any atom is 0.269 e. The van der Waals surface area contributed by atoms with Gasteiger partial charge >= 0.3 is 0 Å². The fraction of sp³-hybridized carbons (Fsp3) is 0.250. The molecule has 0 spiro atoms. The van der Waals surface area contributed by atoms with Crippen molar-refractivity contribution in [3.8, 4) is 11.4 Å². The molecular formula is C16H16N6O2S2. The molecule has 0 unspecified atom stereocenters. The Morgan fingerprint density at radius 1 is 1.19 bits per heavy atom. The van der Waals surface area contributed by atoms with Gasteiger partial charge in [0.1, 0.15) is 5.03 Å². The van der Waals surface area contributed by atoms with E-state index in [1.54, 1.807) is 12.1 Å². The molecule has 2 heterocycles. The molecule has 0 fully saturated rings. The predicted octanol–water partition coefficient (Wildman–Crippen LogP) is 4.05. The van der Waals surface area contributed by atoms with E-state index in [9.17, 15) is 10.1 Å². The Morgan fingerprint density at radius 2 is 1.96 bits per heavy atom. The molecule has 2 aromatic heterocycles. The summed E-state index contributed by atoms with van der Waals surface area (Å²) in [7, 11) is 0. The summed E-state index contributed by atoms with van der Waals surface area (Å²) in [5.74, 6) is 0.540. The monoisotopic (exact) mass is 388 g/mol. The molecule has 26 heavy (non-hydrogen) atoms. The number of nitrogens with one attached hydrogen (secondary N) is 1. The van der Waals surface area contributed by atoms with Crippen molar-refractivity contribution < 1.29 is 4.92 Å². The van der Waals surface area contributed by atoms with Crippen LogP contribution in [0, 0.1) is 10.1 Å². The van der Waals surface area contributed by atoms with Crippen LogP contribution in [0.25, 0.3) is 11.4 Å². The highest BCUT2D eigenvalue weighted by Crippen LogP contribution is 2.32. The highest BCUT2D eigenvalue weighted by Gasteiger charge is 2.12. The number of aryl methyl sites for hydroxylation is 1. The van der Waals surface area contributed by atoms with Crippen molar-refractivity contribution in [3.05, 3.63) is 46.1 Å². The van der Waals surface area contributed by atoms with Gasteiger partial charge in [-0.2, -0.15) is 0 Å². The molecule has 0 amide bonds. The van der Waals surface area contributed by atoms with Gasteiger partial charge in [0, 0.05) is 29.9 Å². The molecule has 1 N–H and O–H groups in total. The number of benzene rings is 1. The summed E-state index contributed by atoms with van der Waals surface area (Å²) in [6.07, 6.45) is 0.759. The average Bonchev–Trinajstić information content (AvgIpc) is 3.08. The van der Waals surface area contributed by atoms with Crippen molar-refractivity contribution in [2.75, 3.05) is 11.9 Å². The van der Waals surface area contributed by atoms with Gasteiger partial charge in [-0.15, -0.1) is 10.2 Å². The first kappa shape index (κ1) is 18.2. The third-order valence-electron chi connectivity index (χ3n) is 3.38. The third kappa shape index (κ3) is 4.33. The summed E-state index contributed by atoms with van der Waals surface area (Å²) in [6, 6.07) is 8.16. The smallest absolute Gasteiger partial charge is 0.269 e. The topological polar surface area (TPSA) is 107 Å². The fourth-order valence-electron chi connectivity index (χ4n) is 2.13. The number of nitrogens with zero attached hydrogens (tertiary/aromatic N) is 5. The average molecular weight is 388 g/mol. The second-order valence-electron chi connectivity index (χ2n) is 5.18. The van der Waals surface area contributed by atoms with E-state index < -0.39 is 4.92 Å². The molecule has 10 heteroatoms. The van der Waals surface area contributed by atoms with Crippen LogP contribution in [0.4, 0.5) is 10.8 Å². The number of hydrogen-bond acceptors (Lipinski definition) is 9. The van der Waals surface area contributed by atoms with Crippen molar-refractivity contribution >= 4 is 33.9 Å². The zero-order chi connectivity index (χ0) is 18.5. The number of hydrogen-bond donors (Lipinski definition) is 1. The number of nitro groups is 1. The lowest BCUT2D eigenvalue weighted by atomic mass is 10.2. The molecule has 0 saturated heterocycles. The van der Waals surface area contributed by atoms with Crippen LogP contribution in [0.2, 0.25) is 0 Å². The summed E-state index contributed by atoms with van der Waals surface area (Å²) >= 11 is 2.89. The fourth-order valence-corrected chi connectivity index (χ4v) is 3.92. The van der Waals surface area contributed by atoms with E-state index >= 15 is 0 Å². The Morgan fingerprint density at radius 3 is 2.62 bits per heavy atom. The maximum atomic E-state index is 10.8. The Kier molecular flexibility index (Phi) is 5.74. The molecule has 1 aromatic carbocycles. The van der Waals surface area contributed by atoms with Crippen LogP contribution >= 0.6 is 23.1 Å². The molecule has 3 rings (SSSR count). The number of non-ortho nitro benzene ring substituents is 1. The maximum absolute atomic E-state index is 10.8. The largest absolute Gasteiger partial charge is 0.360 e. The minimum Gasteiger partial charge on any atom is -0.360 e. The summed E-state index contributed by atoms with van der Waals surface area (Å²) in [4.78, 5) is 19.5. The van der Waals surface area contributed by atoms with Gasteiger partial charge in [-0.3, -0.25) is 10.1 Å². The zero-order valence-electron chi connectivity index (χ0n) is 14.2. The lowest BCUT2D eigenvalue weighted by molar-refractivity contribution is -0.384. The lowest BCUT2D eigenvalue weighted by Crippen LogP contribution is -1.97. The van der Waals surface area contributed by atoms with Gasteiger partial charge in [0.25, 0.3) is 5.69 Å². The minimum atomic E-state index is -0.425. The van der Waals surface area contributed by atoms with E-state index in [1.807, 2.05) is 19.9 Å². The second-order valence-corrected chi connectivity index (χ2v) is 7.43. The molecule has 0 radical (unpaired) electrons. The van der Waals surface area contributed by atoms with Crippen molar-refractivity contribution in [1.29, 1.82) is 0 Å². The molecule has 0 saturated carbocycles. The van der Waals surface area contributed by atoms with Crippen molar-refractivity contribution in [1.82, 2.24) is 20.2 Å². The van der Waals surface area contributed by atoms with Crippen molar-refractivity contribution in [2.45, 2.75) is 29.6 Å². The first-order valence-corrected chi connectivity index (χ1v) is 9.60. The molecule has 134 valence electrons. The number of anilines is 1. The van der Waals surface area contributed by atoms with Crippen molar-refractivity contribution in [2.24, 2.45) is 0 Å². The van der Waals surface area contributed by atoms with Gasteiger partial charge in [-0.25, -0.2) is 9.97 Å². The van der Waals surface area contributed by atoms with Crippen LogP contribution in [0.1, 0.15) is 19.5 Å². The summed E-state index contributed by atoms with van der Waals surface area (Å²) in [6.45, 7) is 4.81. The first-order valence-electron chi connectivity index (χ1n) is 7.97. The van der Waals surface area contributed by atoms with Crippen LogP contribution in [-0.4, -0.2) is 31.6 Å². The van der Waals surface area contributed by atoms with E-state index in [0.717, 1.165) is 38.7 Å². The first-order chi connectivity index (χ1) is 12.6. The van der Waals surface area contributed by atoms with Gasteiger partial charge < -0.3 is 5.32 Å². The number of rotatable bonds is 7. The molecule has 0 atom stereocenters. The van der Waals surface area contributed by atoms with Crippen molar-refractivity contribution in [3.63, 3.8) is 0 Å². The Labute approximate surface area is 158 Å². The molecular weight excluding hydrogens is 372 g/mol. The second kappa shape index (κ2) is 8.19. The third-order valence-corrected chi connectivity index (χ3v) is 5.23.